The van der Waals surface area contributed by atoms with Crippen molar-refractivity contribution in [3.05, 3.63) is 65.7 Å². The van der Waals surface area contributed by atoms with E-state index < -0.39 is 58.1 Å². The van der Waals surface area contributed by atoms with Gasteiger partial charge in [0.1, 0.15) is 17.7 Å². The fourth-order valence-corrected chi connectivity index (χ4v) is 6.04. The number of esters is 1. The number of likely N-dealkylation sites (tertiary alicyclic amines) is 1. The van der Waals surface area contributed by atoms with Crippen LogP contribution < -0.4 is 15.8 Å². The van der Waals surface area contributed by atoms with Gasteiger partial charge in [-0.15, -0.1) is 0 Å². The van der Waals surface area contributed by atoms with E-state index in [0.717, 1.165) is 17.5 Å². The highest BCUT2D eigenvalue weighted by Crippen LogP contribution is 2.22. The summed E-state index contributed by atoms with van der Waals surface area (Å²) in [5.41, 5.74) is 6.38. The molecule has 12 heteroatoms. The van der Waals surface area contributed by atoms with Gasteiger partial charge in [-0.1, -0.05) is 48.0 Å². The van der Waals surface area contributed by atoms with Crippen LogP contribution in [0, 0.1) is 6.92 Å². The van der Waals surface area contributed by atoms with Crippen LogP contribution in [0.15, 0.2) is 59.5 Å². The smallest absolute Gasteiger partial charge is 0.323 e. The molecule has 1 fully saturated rings. The van der Waals surface area contributed by atoms with Crippen LogP contribution in [0.2, 0.25) is 0 Å². The molecule has 1 heterocycles. The quantitative estimate of drug-likeness (QED) is 0.250. The molecule has 11 nitrogen and oxygen atoms in total. The number of rotatable bonds is 13. The molecule has 1 aliphatic heterocycles. The second kappa shape index (κ2) is 14.2. The summed E-state index contributed by atoms with van der Waals surface area (Å²) < 4.78 is 33.9. The fraction of sp³-hybridized carbons (Fsp3) is 0.500. The van der Waals surface area contributed by atoms with Crippen LogP contribution in [-0.2, 0) is 35.6 Å². The first-order valence-electron chi connectivity index (χ1n) is 14.0. The lowest BCUT2D eigenvalue weighted by Gasteiger charge is -2.32. The number of hydrogen-bond donors (Lipinski definition) is 4. The molecular weight excluding hydrogens is 560 g/mol. The summed E-state index contributed by atoms with van der Waals surface area (Å²) in [5, 5.41) is 14.1. The molecule has 0 radical (unpaired) electrons. The Labute approximate surface area is 247 Å². The number of aliphatic hydroxyl groups is 1. The van der Waals surface area contributed by atoms with Gasteiger partial charge in [0.25, 0.3) is 0 Å². The number of amides is 2. The van der Waals surface area contributed by atoms with Crippen LogP contribution in [-0.4, -0.2) is 79.1 Å². The van der Waals surface area contributed by atoms with Crippen molar-refractivity contribution in [2.75, 3.05) is 13.1 Å². The van der Waals surface area contributed by atoms with Gasteiger partial charge in [0.15, 0.2) is 0 Å². The van der Waals surface area contributed by atoms with Crippen molar-refractivity contribution < 1.29 is 32.6 Å². The molecule has 5 N–H and O–H groups in total. The SMILES string of the molecule is Cc1ccc(S(=O)(=O)N[C@@H](CC(N)=O)C(=O)N[C@@H](Cc2ccccc2)[C@H](O)CN2CCC[C@H]2C(=O)OC(C)(C)C)cc1. The topological polar surface area (TPSA) is 168 Å². The summed E-state index contributed by atoms with van der Waals surface area (Å²) in [6.07, 6.45) is -0.183. The average Bonchev–Trinajstić information content (AvgIpc) is 3.35. The molecule has 0 unspecified atom stereocenters. The Bertz CT molecular complexity index is 1330. The lowest BCUT2D eigenvalue weighted by molar-refractivity contribution is -0.160. The molecule has 1 saturated heterocycles. The van der Waals surface area contributed by atoms with Crippen LogP contribution in [0.1, 0.15) is 51.2 Å². The molecule has 42 heavy (non-hydrogen) atoms. The lowest BCUT2D eigenvalue weighted by Crippen LogP contribution is -2.56. The van der Waals surface area contributed by atoms with E-state index in [9.17, 15) is 27.9 Å². The van der Waals surface area contributed by atoms with Crippen LogP contribution in [0.5, 0.6) is 0 Å². The minimum Gasteiger partial charge on any atom is -0.459 e. The van der Waals surface area contributed by atoms with Crippen molar-refractivity contribution in [3.8, 4) is 0 Å². The number of ether oxygens (including phenoxy) is 1. The number of aryl methyl sites for hydroxylation is 1. The summed E-state index contributed by atoms with van der Waals surface area (Å²) in [7, 11) is -4.17. The van der Waals surface area contributed by atoms with E-state index in [2.05, 4.69) is 10.0 Å². The first kappa shape index (κ1) is 33.2. The number of primary amides is 1. The zero-order valence-electron chi connectivity index (χ0n) is 24.6. The van der Waals surface area contributed by atoms with Crippen molar-refractivity contribution in [2.45, 2.75) is 88.1 Å². The zero-order valence-corrected chi connectivity index (χ0v) is 25.4. The highest BCUT2D eigenvalue weighted by atomic mass is 32.2. The van der Waals surface area contributed by atoms with E-state index in [0.29, 0.717) is 13.0 Å². The fourth-order valence-electron chi connectivity index (χ4n) is 4.85. The molecule has 0 bridgehead atoms. The van der Waals surface area contributed by atoms with E-state index in [1.54, 1.807) is 32.9 Å². The van der Waals surface area contributed by atoms with Crippen LogP contribution >= 0.6 is 0 Å². The third-order valence-electron chi connectivity index (χ3n) is 6.91. The van der Waals surface area contributed by atoms with Gasteiger partial charge in [0.05, 0.1) is 23.5 Å². The number of sulfonamides is 1. The predicted molar refractivity (Wildman–Crippen MR) is 158 cm³/mol. The molecule has 2 amide bonds. The average molecular weight is 603 g/mol. The van der Waals surface area contributed by atoms with Gasteiger partial charge < -0.3 is 20.9 Å². The van der Waals surface area contributed by atoms with Crippen molar-refractivity contribution >= 4 is 27.8 Å². The first-order valence-corrected chi connectivity index (χ1v) is 15.5. The zero-order chi connectivity index (χ0) is 31.1. The van der Waals surface area contributed by atoms with Gasteiger partial charge in [0, 0.05) is 6.54 Å². The van der Waals surface area contributed by atoms with Gasteiger partial charge in [0.2, 0.25) is 21.8 Å². The molecule has 3 rings (SSSR count). The Kier molecular flexibility index (Phi) is 11.2. The summed E-state index contributed by atoms with van der Waals surface area (Å²) in [6.45, 7) is 7.81. The highest BCUT2D eigenvalue weighted by molar-refractivity contribution is 7.89. The van der Waals surface area contributed by atoms with Crippen molar-refractivity contribution in [3.63, 3.8) is 0 Å². The number of benzene rings is 2. The van der Waals surface area contributed by atoms with Gasteiger partial charge in [-0.2, -0.15) is 4.72 Å². The molecule has 0 aromatic heterocycles. The van der Waals surface area contributed by atoms with E-state index in [1.165, 1.54) is 12.1 Å². The molecule has 0 aliphatic carbocycles. The van der Waals surface area contributed by atoms with Crippen LogP contribution in [0.3, 0.4) is 0 Å². The molecule has 4 atom stereocenters. The first-order chi connectivity index (χ1) is 19.6. The molecule has 0 spiro atoms. The largest absolute Gasteiger partial charge is 0.459 e. The van der Waals surface area contributed by atoms with E-state index in [4.69, 9.17) is 10.5 Å². The Morgan fingerprint density at radius 1 is 1.10 bits per heavy atom. The summed E-state index contributed by atoms with van der Waals surface area (Å²) >= 11 is 0. The van der Waals surface area contributed by atoms with Crippen molar-refractivity contribution in [1.29, 1.82) is 0 Å². The molecule has 230 valence electrons. The number of hydrogen-bond acceptors (Lipinski definition) is 8. The van der Waals surface area contributed by atoms with E-state index in [-0.39, 0.29) is 23.8 Å². The number of aliphatic hydroxyl groups excluding tert-OH is 1. The highest BCUT2D eigenvalue weighted by Gasteiger charge is 2.37. The third-order valence-corrected chi connectivity index (χ3v) is 8.39. The second-order valence-electron chi connectivity index (χ2n) is 11.7. The monoisotopic (exact) mass is 602 g/mol. The number of nitrogens with one attached hydrogen (secondary N) is 2. The Morgan fingerprint density at radius 2 is 1.74 bits per heavy atom. The number of nitrogens with zero attached hydrogens (tertiary/aromatic N) is 1. The number of nitrogens with two attached hydrogens (primary N) is 1. The maximum atomic E-state index is 13.5. The van der Waals surface area contributed by atoms with Crippen molar-refractivity contribution in [1.82, 2.24) is 14.9 Å². The maximum absolute atomic E-state index is 13.5. The minimum atomic E-state index is -4.17. The predicted octanol–water partition coefficient (Wildman–Crippen LogP) is 1.41. The Morgan fingerprint density at radius 3 is 2.33 bits per heavy atom. The van der Waals surface area contributed by atoms with Gasteiger partial charge in [-0.25, -0.2) is 8.42 Å². The van der Waals surface area contributed by atoms with Gasteiger partial charge in [-0.05, 0) is 71.2 Å². The van der Waals surface area contributed by atoms with E-state index in [1.807, 2.05) is 42.2 Å². The molecular formula is C30H42N4O7S. The minimum absolute atomic E-state index is 0.0667. The second-order valence-corrected chi connectivity index (χ2v) is 13.4. The summed E-state index contributed by atoms with van der Waals surface area (Å²) in [6, 6.07) is 12.3. The van der Waals surface area contributed by atoms with Crippen LogP contribution in [0.4, 0.5) is 0 Å². The number of carbonyl (C=O) groups excluding carboxylic acids is 3. The summed E-state index contributed by atoms with van der Waals surface area (Å²) in [4.78, 5) is 39.9. The van der Waals surface area contributed by atoms with Gasteiger partial charge in [-0.3, -0.25) is 19.3 Å². The Hall–Kier alpha value is -3.32. The van der Waals surface area contributed by atoms with E-state index >= 15 is 0 Å². The third kappa shape index (κ3) is 9.90. The number of carbonyl (C=O) groups is 3. The van der Waals surface area contributed by atoms with Crippen molar-refractivity contribution in [2.24, 2.45) is 5.73 Å². The molecule has 2 aromatic carbocycles. The molecule has 0 saturated carbocycles. The van der Waals surface area contributed by atoms with Crippen LogP contribution in [0.25, 0.3) is 0 Å². The van der Waals surface area contributed by atoms with Gasteiger partial charge >= 0.3 is 5.97 Å². The molecule has 2 aromatic rings. The summed E-state index contributed by atoms with van der Waals surface area (Å²) in [5.74, 6) is -2.06. The lowest BCUT2D eigenvalue weighted by atomic mass is 9.99. The number of β-amino-alcohol motifs (C(OH)–C–C–N with tert-alkyl or cyclic N) is 1. The normalized spacial score (nSPS) is 18.2. The Balaban J connectivity index is 1.81. The standard InChI is InChI=1S/C30H42N4O7S/c1-20-12-14-22(15-13-20)42(39,40)33-24(18-27(31)36)28(37)32-23(17-21-9-6-5-7-10-21)26(35)19-34-16-8-11-25(34)29(38)41-30(2,3)4/h5-7,9-10,12-15,23-26,33,35H,8,11,16-19H2,1-4H3,(H2,31,36)(H,32,37)/t23-,24-,25-,26+/m0/s1. The maximum Gasteiger partial charge on any atom is 0.323 e. The molecule has 1 aliphatic rings.